The molecule has 5 heterocycles. The molecule has 0 unspecified atom stereocenters. The van der Waals surface area contributed by atoms with Crippen molar-refractivity contribution in [2.24, 2.45) is 0 Å². The van der Waals surface area contributed by atoms with E-state index >= 15 is 4.39 Å². The number of benzene rings is 2. The highest BCUT2D eigenvalue weighted by molar-refractivity contribution is 5.98. The van der Waals surface area contributed by atoms with Crippen LogP contribution in [0.5, 0.6) is 11.5 Å². The smallest absolute Gasteiger partial charge is 0.410 e. The lowest BCUT2D eigenvalue weighted by atomic mass is 9.88. The number of hydrogen-bond donors (Lipinski definition) is 2. The second kappa shape index (κ2) is 12.6. The van der Waals surface area contributed by atoms with Gasteiger partial charge in [-0.1, -0.05) is 18.2 Å². The molecule has 2 aromatic heterocycles. The summed E-state index contributed by atoms with van der Waals surface area (Å²) in [6, 6.07) is 16.7. The number of ether oxygens (including phenoxy) is 2. The number of nitrogens with two attached hydrogens (primary N) is 1. The van der Waals surface area contributed by atoms with Crippen molar-refractivity contribution < 1.29 is 23.1 Å². The number of hydrogen-bond acceptors (Lipinski definition) is 10. The van der Waals surface area contributed by atoms with Gasteiger partial charge in [-0.2, -0.15) is 5.10 Å². The van der Waals surface area contributed by atoms with Gasteiger partial charge in [0.15, 0.2) is 5.65 Å². The van der Waals surface area contributed by atoms with Crippen molar-refractivity contribution in [2.75, 3.05) is 51.5 Å². The number of fused-ring (bicyclic) bond motifs is 1. The van der Waals surface area contributed by atoms with Crippen LogP contribution in [0, 0.1) is 0 Å². The van der Waals surface area contributed by atoms with Gasteiger partial charge in [-0.3, -0.25) is 9.80 Å². The van der Waals surface area contributed by atoms with Crippen molar-refractivity contribution >= 4 is 22.9 Å². The standard InChI is InChI=1S/C34H41F2N9O3/c1-33(2,3)48-32(46)44-19-34(20-44,41-36)18-42-15-23(16-42)43-14-13-27(26(35)17-43)45-31-28(30(37)38-21-39-31)29(40-45)22-9-11-25(12-10-22)47-24-7-5-4-6-8-24/h4-12,21,23,26-27,41H,13-20H2,1-3H3,(H2,37,38,39)/t26-,27+/m1/s1. The first kappa shape index (κ1) is 32.2. The summed E-state index contributed by atoms with van der Waals surface area (Å²) in [4.78, 5) is 26.8. The van der Waals surface area contributed by atoms with Crippen LogP contribution in [0.15, 0.2) is 60.9 Å². The molecule has 12 nitrogen and oxygen atoms in total. The first-order chi connectivity index (χ1) is 23.0. The third-order valence-electron chi connectivity index (χ3n) is 9.30. The van der Waals surface area contributed by atoms with E-state index in [0.29, 0.717) is 55.1 Å². The number of halogens is 2. The summed E-state index contributed by atoms with van der Waals surface area (Å²) in [5, 5.41) is 5.47. The third kappa shape index (κ3) is 6.39. The minimum Gasteiger partial charge on any atom is -0.457 e. The molecule has 3 fully saturated rings. The van der Waals surface area contributed by atoms with Gasteiger partial charge in [-0.25, -0.2) is 23.8 Å². The number of nitrogen functional groups attached to an aromatic ring is 1. The number of likely N-dealkylation sites (tertiary alicyclic amines) is 3. The zero-order valence-electron chi connectivity index (χ0n) is 27.4. The summed E-state index contributed by atoms with van der Waals surface area (Å²) in [6.07, 6.45) is 0.303. The maximum absolute atomic E-state index is 16.0. The van der Waals surface area contributed by atoms with Crippen LogP contribution in [-0.4, -0.2) is 110 Å². The Hall–Kier alpha value is -4.40. The van der Waals surface area contributed by atoms with Crippen LogP contribution in [0.2, 0.25) is 0 Å². The van der Waals surface area contributed by atoms with Gasteiger partial charge in [0.2, 0.25) is 0 Å². The monoisotopic (exact) mass is 661 g/mol. The molecule has 3 aliphatic rings. The number of piperidine rings is 1. The van der Waals surface area contributed by atoms with Gasteiger partial charge in [-0.15, -0.1) is 10.0 Å². The number of rotatable bonds is 8. The Morgan fingerprint density at radius 2 is 1.75 bits per heavy atom. The van der Waals surface area contributed by atoms with Crippen LogP contribution < -0.4 is 16.0 Å². The fourth-order valence-electron chi connectivity index (χ4n) is 6.92. The number of para-hydroxylation sites is 1. The Bertz CT molecular complexity index is 1750. The van der Waals surface area contributed by atoms with E-state index in [1.54, 1.807) is 25.5 Å². The Morgan fingerprint density at radius 3 is 2.42 bits per heavy atom. The molecule has 48 heavy (non-hydrogen) atoms. The van der Waals surface area contributed by atoms with Crippen molar-refractivity contribution in [1.29, 1.82) is 0 Å². The van der Waals surface area contributed by atoms with Gasteiger partial charge in [0, 0.05) is 57.4 Å². The van der Waals surface area contributed by atoms with Gasteiger partial charge in [0.25, 0.3) is 0 Å². The number of aromatic nitrogens is 4. The molecule has 0 aliphatic carbocycles. The molecular formula is C34H41F2N9O3. The lowest BCUT2D eigenvalue weighted by Crippen LogP contribution is -2.75. The third-order valence-corrected chi connectivity index (χ3v) is 9.30. The molecule has 0 radical (unpaired) electrons. The quantitative estimate of drug-likeness (QED) is 0.259. The Balaban J connectivity index is 0.981. The fourth-order valence-corrected chi connectivity index (χ4v) is 6.92. The molecule has 3 aliphatic heterocycles. The number of anilines is 1. The summed E-state index contributed by atoms with van der Waals surface area (Å²) in [5.41, 5.74) is 8.72. The molecule has 2 atom stereocenters. The van der Waals surface area contributed by atoms with Crippen LogP contribution in [0.3, 0.4) is 0 Å². The Morgan fingerprint density at radius 1 is 1.04 bits per heavy atom. The van der Waals surface area contributed by atoms with Crippen LogP contribution in [0.4, 0.5) is 19.5 Å². The van der Waals surface area contributed by atoms with Gasteiger partial charge < -0.3 is 20.1 Å². The molecule has 2 aromatic carbocycles. The number of amides is 1. The maximum Gasteiger partial charge on any atom is 0.410 e. The Kier molecular flexibility index (Phi) is 8.42. The fraction of sp³-hybridized carbons (Fsp3) is 0.471. The molecule has 0 bridgehead atoms. The van der Waals surface area contributed by atoms with Crippen LogP contribution >= 0.6 is 0 Å². The van der Waals surface area contributed by atoms with E-state index in [-0.39, 0.29) is 31.5 Å². The van der Waals surface area contributed by atoms with Gasteiger partial charge in [0.1, 0.15) is 41.1 Å². The average molecular weight is 662 g/mol. The highest BCUT2D eigenvalue weighted by atomic mass is 19.2. The Labute approximate surface area is 277 Å². The first-order valence-electron chi connectivity index (χ1n) is 16.3. The van der Waals surface area contributed by atoms with E-state index in [9.17, 15) is 9.28 Å². The predicted octanol–water partition coefficient (Wildman–Crippen LogP) is 4.60. The number of carbonyl (C=O) groups is 1. The molecule has 3 N–H and O–H groups in total. The normalized spacial score (nSPS) is 21.9. The minimum atomic E-state index is -1.19. The topological polar surface area (TPSA) is 127 Å². The minimum absolute atomic E-state index is 0.169. The summed E-state index contributed by atoms with van der Waals surface area (Å²) >= 11 is 0. The zero-order chi connectivity index (χ0) is 33.6. The summed E-state index contributed by atoms with van der Waals surface area (Å²) in [6.45, 7) is 8.68. The van der Waals surface area contributed by atoms with E-state index in [4.69, 9.17) is 20.3 Å². The molecule has 14 heteroatoms. The van der Waals surface area contributed by atoms with Crippen molar-refractivity contribution in [3.05, 3.63) is 60.9 Å². The summed E-state index contributed by atoms with van der Waals surface area (Å²) in [5.74, 6) is 1.70. The maximum atomic E-state index is 16.0. The van der Waals surface area contributed by atoms with E-state index < -0.39 is 29.4 Å². The number of nitrogens with one attached hydrogen (secondary N) is 1. The van der Waals surface area contributed by atoms with Gasteiger partial charge in [-0.05, 0) is 63.6 Å². The summed E-state index contributed by atoms with van der Waals surface area (Å²) < 4.78 is 42.9. The molecule has 3 saturated heterocycles. The molecule has 4 aromatic rings. The number of alkyl halides is 1. The van der Waals surface area contributed by atoms with E-state index in [0.717, 1.165) is 11.3 Å². The first-order valence-corrected chi connectivity index (χ1v) is 16.3. The molecule has 0 spiro atoms. The second-order valence-electron chi connectivity index (χ2n) is 14.1. The highest BCUT2D eigenvalue weighted by Gasteiger charge is 2.50. The number of carbonyl (C=O) groups excluding carboxylic acids is 1. The lowest BCUT2D eigenvalue weighted by molar-refractivity contribution is -0.0709. The van der Waals surface area contributed by atoms with Crippen LogP contribution in [0.1, 0.15) is 33.2 Å². The largest absolute Gasteiger partial charge is 0.457 e. The lowest BCUT2D eigenvalue weighted by Gasteiger charge is -2.54. The molecular weight excluding hydrogens is 620 g/mol. The van der Waals surface area contributed by atoms with Gasteiger partial charge in [0.05, 0.1) is 17.0 Å². The SMILES string of the molecule is CC(C)(C)OC(=O)N1CC(CN2CC(N3CC[C@H](n4nc(-c5ccc(Oc6ccccc6)cc5)c5c(N)ncnc54)[C@H](F)C3)C2)(NF)C1. The van der Waals surface area contributed by atoms with Crippen molar-refractivity contribution in [3.8, 4) is 22.8 Å². The van der Waals surface area contributed by atoms with E-state index in [1.165, 1.54) is 11.2 Å². The van der Waals surface area contributed by atoms with E-state index in [2.05, 4.69) is 19.8 Å². The molecule has 1 amide bonds. The van der Waals surface area contributed by atoms with Crippen LogP contribution in [-0.2, 0) is 4.74 Å². The summed E-state index contributed by atoms with van der Waals surface area (Å²) in [7, 11) is 0. The molecule has 254 valence electrons. The van der Waals surface area contributed by atoms with Crippen molar-refractivity contribution in [2.45, 2.75) is 56.6 Å². The van der Waals surface area contributed by atoms with Crippen LogP contribution in [0.25, 0.3) is 22.3 Å². The highest BCUT2D eigenvalue weighted by Crippen LogP contribution is 2.37. The molecule has 0 saturated carbocycles. The second-order valence-corrected chi connectivity index (χ2v) is 14.1. The van der Waals surface area contributed by atoms with Crippen molar-refractivity contribution in [3.63, 3.8) is 0 Å². The zero-order valence-corrected chi connectivity index (χ0v) is 27.4. The number of nitrogens with zero attached hydrogens (tertiary/aromatic N) is 7. The van der Waals surface area contributed by atoms with Crippen molar-refractivity contribution in [1.82, 2.24) is 40.0 Å². The van der Waals surface area contributed by atoms with Gasteiger partial charge >= 0.3 is 6.09 Å². The van der Waals surface area contributed by atoms with E-state index in [1.807, 2.05) is 60.1 Å². The predicted molar refractivity (Wildman–Crippen MR) is 177 cm³/mol. The average Bonchev–Trinajstić information content (AvgIpc) is 3.40. The molecule has 7 rings (SSSR count).